The van der Waals surface area contributed by atoms with Crippen molar-refractivity contribution in [2.45, 2.75) is 45.7 Å². The van der Waals surface area contributed by atoms with E-state index in [9.17, 15) is 4.39 Å². The lowest BCUT2D eigenvalue weighted by atomic mass is 9.96. The first kappa shape index (κ1) is 16.7. The highest BCUT2D eigenvalue weighted by Gasteiger charge is 2.22. The molecule has 0 amide bonds. The normalized spacial score (nSPS) is 20.7. The fourth-order valence-corrected chi connectivity index (χ4v) is 3.01. The van der Waals surface area contributed by atoms with Crippen molar-refractivity contribution < 1.29 is 4.39 Å². The van der Waals surface area contributed by atoms with Crippen LogP contribution in [0.15, 0.2) is 18.2 Å². The Morgan fingerprint density at radius 1 is 1.38 bits per heavy atom. The Kier molecular flexibility index (Phi) is 5.64. The van der Waals surface area contributed by atoms with Crippen LogP contribution in [0.2, 0.25) is 5.02 Å². The van der Waals surface area contributed by atoms with Crippen LogP contribution in [-0.4, -0.2) is 30.1 Å². The average Bonchev–Trinajstić information content (AvgIpc) is 2.41. The molecule has 1 fully saturated rings. The minimum atomic E-state index is -0.322. The van der Waals surface area contributed by atoms with Crippen LogP contribution in [0.5, 0.6) is 0 Å². The van der Waals surface area contributed by atoms with Crippen molar-refractivity contribution in [2.24, 2.45) is 5.92 Å². The monoisotopic (exact) mass is 312 g/mol. The molecule has 0 saturated carbocycles. The number of hydrogen-bond donors (Lipinski definition) is 1. The zero-order chi connectivity index (χ0) is 15.5. The molecule has 0 bridgehead atoms. The van der Waals surface area contributed by atoms with E-state index < -0.39 is 0 Å². The summed E-state index contributed by atoms with van der Waals surface area (Å²) >= 11 is 6.06. The van der Waals surface area contributed by atoms with Crippen molar-refractivity contribution in [2.75, 3.05) is 19.6 Å². The standard InChI is InChI=1S/C17H26ClFN2/c1-17(2,3)20-10-13-6-5-9-21(11-13)12-14-7-4-8-15(19)16(14)18/h4,7-8,13,20H,5-6,9-12H2,1-3H3. The Morgan fingerprint density at radius 2 is 2.14 bits per heavy atom. The van der Waals surface area contributed by atoms with E-state index in [0.29, 0.717) is 5.92 Å². The summed E-state index contributed by atoms with van der Waals surface area (Å²) < 4.78 is 13.5. The Morgan fingerprint density at radius 3 is 2.86 bits per heavy atom. The van der Waals surface area contributed by atoms with Crippen LogP contribution in [0.3, 0.4) is 0 Å². The van der Waals surface area contributed by atoms with Crippen LogP contribution in [0.4, 0.5) is 4.39 Å². The van der Waals surface area contributed by atoms with Gasteiger partial charge in [-0.2, -0.15) is 0 Å². The topological polar surface area (TPSA) is 15.3 Å². The van der Waals surface area contributed by atoms with Crippen LogP contribution in [-0.2, 0) is 6.54 Å². The Labute approximate surface area is 132 Å². The van der Waals surface area contributed by atoms with Crippen LogP contribution >= 0.6 is 11.6 Å². The molecular weight excluding hydrogens is 287 g/mol. The van der Waals surface area contributed by atoms with Crippen molar-refractivity contribution in [3.8, 4) is 0 Å². The van der Waals surface area contributed by atoms with Gasteiger partial charge in [-0.05, 0) is 64.3 Å². The molecule has 1 unspecified atom stereocenters. The molecule has 0 aliphatic carbocycles. The van der Waals surface area contributed by atoms with Gasteiger partial charge in [0.2, 0.25) is 0 Å². The SMILES string of the molecule is CC(C)(C)NCC1CCCN(Cc2cccc(F)c2Cl)C1. The molecule has 2 nitrogen and oxygen atoms in total. The molecule has 0 aromatic heterocycles. The van der Waals surface area contributed by atoms with E-state index in [1.54, 1.807) is 6.07 Å². The average molecular weight is 313 g/mol. The maximum absolute atomic E-state index is 13.5. The number of nitrogens with one attached hydrogen (secondary N) is 1. The lowest BCUT2D eigenvalue weighted by Crippen LogP contribution is -2.44. The predicted molar refractivity (Wildman–Crippen MR) is 87.2 cm³/mol. The van der Waals surface area contributed by atoms with Crippen molar-refractivity contribution in [3.05, 3.63) is 34.6 Å². The second kappa shape index (κ2) is 7.08. The molecular formula is C17H26ClFN2. The Balaban J connectivity index is 1.91. The summed E-state index contributed by atoms with van der Waals surface area (Å²) in [5, 5.41) is 3.85. The summed E-state index contributed by atoms with van der Waals surface area (Å²) in [5.41, 5.74) is 1.05. The van der Waals surface area contributed by atoms with Crippen molar-refractivity contribution >= 4 is 11.6 Å². The fourth-order valence-electron chi connectivity index (χ4n) is 2.82. The number of piperidine rings is 1. The molecule has 0 radical (unpaired) electrons. The Hall–Kier alpha value is -0.640. The highest BCUT2D eigenvalue weighted by Crippen LogP contribution is 2.24. The summed E-state index contributed by atoms with van der Waals surface area (Å²) in [5.74, 6) is 0.336. The van der Waals surface area contributed by atoms with Crippen LogP contribution in [0.25, 0.3) is 0 Å². The third-order valence-corrected chi connectivity index (χ3v) is 4.37. The molecule has 118 valence electrons. The van der Waals surface area contributed by atoms with E-state index in [-0.39, 0.29) is 16.4 Å². The van der Waals surface area contributed by atoms with Gasteiger partial charge >= 0.3 is 0 Å². The van der Waals surface area contributed by atoms with E-state index >= 15 is 0 Å². The van der Waals surface area contributed by atoms with Gasteiger partial charge in [-0.25, -0.2) is 4.39 Å². The molecule has 1 aromatic rings. The van der Waals surface area contributed by atoms with Crippen molar-refractivity contribution in [1.82, 2.24) is 10.2 Å². The quantitative estimate of drug-likeness (QED) is 0.901. The van der Waals surface area contributed by atoms with Gasteiger partial charge in [0.05, 0.1) is 5.02 Å². The van der Waals surface area contributed by atoms with Gasteiger partial charge in [0.15, 0.2) is 0 Å². The number of hydrogen-bond acceptors (Lipinski definition) is 2. The summed E-state index contributed by atoms with van der Waals surface area (Å²) in [4.78, 5) is 2.39. The van der Waals surface area contributed by atoms with Crippen molar-refractivity contribution in [1.29, 1.82) is 0 Å². The molecule has 1 saturated heterocycles. The molecule has 1 aliphatic heterocycles. The lowest BCUT2D eigenvalue weighted by Gasteiger charge is -2.34. The molecule has 4 heteroatoms. The minimum absolute atomic E-state index is 0.161. The summed E-state index contributed by atoms with van der Waals surface area (Å²) in [7, 11) is 0. The van der Waals surface area contributed by atoms with E-state index in [1.807, 2.05) is 6.07 Å². The third-order valence-electron chi connectivity index (χ3n) is 3.95. The van der Waals surface area contributed by atoms with Gasteiger partial charge in [0.25, 0.3) is 0 Å². The fraction of sp³-hybridized carbons (Fsp3) is 0.647. The van der Waals surface area contributed by atoms with Gasteiger partial charge in [-0.1, -0.05) is 23.7 Å². The van der Waals surface area contributed by atoms with Gasteiger partial charge < -0.3 is 5.32 Å². The van der Waals surface area contributed by atoms with E-state index in [4.69, 9.17) is 11.6 Å². The first-order valence-corrected chi connectivity index (χ1v) is 8.13. The molecule has 1 atom stereocenters. The maximum atomic E-state index is 13.5. The lowest BCUT2D eigenvalue weighted by molar-refractivity contribution is 0.159. The summed E-state index contributed by atoms with van der Waals surface area (Å²) in [6, 6.07) is 5.07. The van der Waals surface area contributed by atoms with E-state index in [0.717, 1.165) is 31.7 Å². The maximum Gasteiger partial charge on any atom is 0.142 e. The molecule has 2 rings (SSSR count). The first-order valence-electron chi connectivity index (χ1n) is 7.75. The highest BCUT2D eigenvalue weighted by molar-refractivity contribution is 6.31. The first-order chi connectivity index (χ1) is 9.85. The molecule has 0 spiro atoms. The van der Waals surface area contributed by atoms with Gasteiger partial charge in [0, 0.05) is 18.6 Å². The number of nitrogens with zero attached hydrogens (tertiary/aromatic N) is 1. The molecule has 1 aromatic carbocycles. The minimum Gasteiger partial charge on any atom is -0.312 e. The summed E-state index contributed by atoms with van der Waals surface area (Å²) in [6.45, 7) is 10.5. The van der Waals surface area contributed by atoms with Crippen LogP contribution in [0.1, 0.15) is 39.2 Å². The van der Waals surface area contributed by atoms with Gasteiger partial charge in [0.1, 0.15) is 5.82 Å². The summed E-state index contributed by atoms with van der Waals surface area (Å²) in [6.07, 6.45) is 2.46. The molecule has 1 N–H and O–H groups in total. The Bertz CT molecular complexity index is 470. The zero-order valence-corrected chi connectivity index (χ0v) is 14.0. The molecule has 21 heavy (non-hydrogen) atoms. The number of benzene rings is 1. The van der Waals surface area contributed by atoms with E-state index in [2.05, 4.69) is 31.0 Å². The van der Waals surface area contributed by atoms with Crippen LogP contribution in [0, 0.1) is 11.7 Å². The van der Waals surface area contributed by atoms with Gasteiger partial charge in [-0.15, -0.1) is 0 Å². The third kappa shape index (κ3) is 5.24. The highest BCUT2D eigenvalue weighted by atomic mass is 35.5. The smallest absolute Gasteiger partial charge is 0.142 e. The van der Waals surface area contributed by atoms with Gasteiger partial charge in [-0.3, -0.25) is 4.90 Å². The number of likely N-dealkylation sites (tertiary alicyclic amines) is 1. The predicted octanol–water partition coefficient (Wildman–Crippen LogP) is 4.08. The molecule has 1 aliphatic rings. The number of rotatable bonds is 4. The largest absolute Gasteiger partial charge is 0.312 e. The zero-order valence-electron chi connectivity index (χ0n) is 13.3. The second-order valence-electron chi connectivity index (χ2n) is 7.09. The van der Waals surface area contributed by atoms with Crippen LogP contribution < -0.4 is 5.32 Å². The van der Waals surface area contributed by atoms with Crippen molar-refractivity contribution in [3.63, 3.8) is 0 Å². The van der Waals surface area contributed by atoms with E-state index in [1.165, 1.54) is 18.9 Å². The second-order valence-corrected chi connectivity index (χ2v) is 7.47. The number of halogens is 2. The molecule has 1 heterocycles.